The smallest absolute Gasteiger partial charge is 0.228 e. The number of imidazole rings is 1. The molecule has 0 aliphatic rings. The molecule has 0 atom stereocenters. The van der Waals surface area contributed by atoms with Gasteiger partial charge in [-0.05, 0) is 0 Å². The molecule has 0 aliphatic heterocycles. The van der Waals surface area contributed by atoms with Crippen molar-refractivity contribution in [3.8, 4) is 0 Å². The molecular weight excluding hydrogens is 182 g/mol. The lowest BCUT2D eigenvalue weighted by molar-refractivity contribution is 0.379. The summed E-state index contributed by atoms with van der Waals surface area (Å²) in [6.07, 6.45) is 5.73. The molecule has 2 aromatic heterocycles. The normalized spacial score (nSPS) is 10.4. The Hall–Kier alpha value is -1.85. The van der Waals surface area contributed by atoms with Crippen LogP contribution in [0.2, 0.25) is 0 Å². The van der Waals surface area contributed by atoms with E-state index in [-0.39, 0.29) is 0 Å². The summed E-state index contributed by atoms with van der Waals surface area (Å²) in [6, 6.07) is 0. The molecule has 0 radical (unpaired) electrons. The average Bonchev–Trinajstić information content (AvgIpc) is 2.78. The van der Waals surface area contributed by atoms with Gasteiger partial charge in [-0.2, -0.15) is 4.98 Å². The molecular formula is C8H11N5O. The summed E-state index contributed by atoms with van der Waals surface area (Å²) in [7, 11) is 1.93. The third kappa shape index (κ3) is 1.90. The minimum Gasteiger partial charge on any atom is -0.355 e. The highest BCUT2D eigenvalue weighted by Gasteiger charge is 2.00. The number of anilines is 1. The van der Waals surface area contributed by atoms with Crippen LogP contribution in [0.1, 0.15) is 5.89 Å². The van der Waals surface area contributed by atoms with Crippen molar-refractivity contribution in [2.45, 2.75) is 6.42 Å². The second-order valence-corrected chi connectivity index (χ2v) is 2.87. The van der Waals surface area contributed by atoms with Crippen molar-refractivity contribution >= 4 is 5.95 Å². The van der Waals surface area contributed by atoms with E-state index in [0.717, 1.165) is 12.5 Å². The zero-order chi connectivity index (χ0) is 9.80. The van der Waals surface area contributed by atoms with Crippen molar-refractivity contribution in [3.05, 3.63) is 24.6 Å². The van der Waals surface area contributed by atoms with Crippen molar-refractivity contribution in [3.63, 3.8) is 0 Å². The molecule has 0 saturated carbocycles. The maximum Gasteiger partial charge on any atom is 0.228 e. The Bertz CT molecular complexity index is 380. The van der Waals surface area contributed by atoms with Crippen LogP contribution in [0, 0.1) is 0 Å². The van der Waals surface area contributed by atoms with Gasteiger partial charge in [-0.25, -0.2) is 4.98 Å². The van der Waals surface area contributed by atoms with E-state index in [0.29, 0.717) is 12.3 Å². The summed E-state index contributed by atoms with van der Waals surface area (Å²) in [5, 5.41) is 6.68. The maximum atomic E-state index is 4.85. The standard InChI is InChI=1S/C8H11N5O/c1-13-5-4-10-8(13)9-3-2-7-11-6-12-14-7/h4-6H,2-3H2,1H3,(H,9,10). The molecule has 2 heterocycles. The minimum atomic E-state index is 0.631. The number of nitrogens with zero attached hydrogens (tertiary/aromatic N) is 4. The number of aryl methyl sites for hydroxylation is 1. The van der Waals surface area contributed by atoms with E-state index >= 15 is 0 Å². The molecule has 0 aliphatic carbocycles. The van der Waals surface area contributed by atoms with E-state index in [9.17, 15) is 0 Å². The Kier molecular flexibility index (Phi) is 2.44. The zero-order valence-electron chi connectivity index (χ0n) is 7.84. The first-order chi connectivity index (χ1) is 6.86. The van der Waals surface area contributed by atoms with Crippen LogP contribution >= 0.6 is 0 Å². The summed E-state index contributed by atoms with van der Waals surface area (Å²) >= 11 is 0. The maximum absolute atomic E-state index is 4.85. The van der Waals surface area contributed by atoms with Gasteiger partial charge in [0.05, 0.1) is 0 Å². The third-order valence-corrected chi connectivity index (χ3v) is 1.85. The van der Waals surface area contributed by atoms with Gasteiger partial charge in [0.2, 0.25) is 11.8 Å². The Morgan fingerprint density at radius 2 is 2.43 bits per heavy atom. The van der Waals surface area contributed by atoms with Crippen LogP contribution in [0.5, 0.6) is 0 Å². The number of hydrogen-bond acceptors (Lipinski definition) is 5. The van der Waals surface area contributed by atoms with Crippen LogP contribution in [-0.4, -0.2) is 26.2 Å². The molecule has 2 aromatic rings. The van der Waals surface area contributed by atoms with Crippen molar-refractivity contribution in [2.24, 2.45) is 7.05 Å². The van der Waals surface area contributed by atoms with Crippen LogP contribution in [0.15, 0.2) is 23.2 Å². The quantitative estimate of drug-likeness (QED) is 0.763. The van der Waals surface area contributed by atoms with Gasteiger partial charge in [-0.3, -0.25) is 0 Å². The predicted octanol–water partition coefficient (Wildman–Crippen LogP) is 0.458. The number of hydrogen-bond donors (Lipinski definition) is 1. The lowest BCUT2D eigenvalue weighted by atomic mass is 10.4. The fourth-order valence-corrected chi connectivity index (χ4v) is 1.12. The van der Waals surface area contributed by atoms with Crippen molar-refractivity contribution < 1.29 is 4.52 Å². The van der Waals surface area contributed by atoms with E-state index in [1.54, 1.807) is 6.20 Å². The summed E-state index contributed by atoms with van der Waals surface area (Å²) in [4.78, 5) is 8.03. The van der Waals surface area contributed by atoms with Gasteiger partial charge >= 0.3 is 0 Å². The minimum absolute atomic E-state index is 0.631. The Labute approximate surface area is 81.0 Å². The predicted molar refractivity (Wildman–Crippen MR) is 49.7 cm³/mol. The van der Waals surface area contributed by atoms with Crippen molar-refractivity contribution in [2.75, 3.05) is 11.9 Å². The molecule has 0 fully saturated rings. The Morgan fingerprint density at radius 1 is 1.50 bits per heavy atom. The summed E-state index contributed by atoms with van der Waals surface area (Å²) in [6.45, 7) is 0.729. The molecule has 74 valence electrons. The Morgan fingerprint density at radius 3 is 3.07 bits per heavy atom. The van der Waals surface area contributed by atoms with Gasteiger partial charge in [0.1, 0.15) is 0 Å². The molecule has 14 heavy (non-hydrogen) atoms. The van der Waals surface area contributed by atoms with E-state index in [1.165, 1.54) is 6.33 Å². The first kappa shape index (κ1) is 8.74. The number of aromatic nitrogens is 4. The molecule has 0 bridgehead atoms. The first-order valence-corrected chi connectivity index (χ1v) is 4.33. The molecule has 0 aromatic carbocycles. The highest BCUT2D eigenvalue weighted by Crippen LogP contribution is 2.01. The monoisotopic (exact) mass is 193 g/mol. The van der Waals surface area contributed by atoms with E-state index in [4.69, 9.17) is 4.52 Å². The third-order valence-electron chi connectivity index (χ3n) is 1.85. The van der Waals surface area contributed by atoms with Crippen LogP contribution in [0.4, 0.5) is 5.95 Å². The molecule has 6 nitrogen and oxygen atoms in total. The lowest BCUT2D eigenvalue weighted by Gasteiger charge is -2.02. The highest BCUT2D eigenvalue weighted by molar-refractivity contribution is 5.24. The average molecular weight is 193 g/mol. The van der Waals surface area contributed by atoms with E-state index < -0.39 is 0 Å². The highest BCUT2D eigenvalue weighted by atomic mass is 16.5. The molecule has 6 heteroatoms. The molecule has 0 spiro atoms. The van der Waals surface area contributed by atoms with Crippen molar-refractivity contribution in [1.82, 2.24) is 19.7 Å². The summed E-state index contributed by atoms with van der Waals surface area (Å²) in [5.41, 5.74) is 0. The van der Waals surface area contributed by atoms with Crippen LogP contribution in [0.3, 0.4) is 0 Å². The lowest BCUT2D eigenvalue weighted by Crippen LogP contribution is -2.08. The van der Waals surface area contributed by atoms with Crippen molar-refractivity contribution in [1.29, 1.82) is 0 Å². The van der Waals surface area contributed by atoms with Gasteiger partial charge in [0.25, 0.3) is 0 Å². The first-order valence-electron chi connectivity index (χ1n) is 4.33. The second-order valence-electron chi connectivity index (χ2n) is 2.87. The van der Waals surface area contributed by atoms with E-state index in [2.05, 4.69) is 20.4 Å². The summed E-state index contributed by atoms with van der Waals surface area (Å²) < 4.78 is 6.77. The molecule has 0 amide bonds. The number of nitrogens with one attached hydrogen (secondary N) is 1. The molecule has 1 N–H and O–H groups in total. The van der Waals surface area contributed by atoms with Gasteiger partial charge in [0.15, 0.2) is 6.33 Å². The Balaban J connectivity index is 1.81. The fraction of sp³-hybridized carbons (Fsp3) is 0.375. The summed E-state index contributed by atoms with van der Waals surface area (Å²) in [5.74, 6) is 1.47. The second kappa shape index (κ2) is 3.91. The van der Waals surface area contributed by atoms with Gasteiger partial charge in [0, 0.05) is 32.4 Å². The number of rotatable bonds is 4. The van der Waals surface area contributed by atoms with Crippen LogP contribution in [0.25, 0.3) is 0 Å². The van der Waals surface area contributed by atoms with Crippen LogP contribution in [-0.2, 0) is 13.5 Å². The van der Waals surface area contributed by atoms with Gasteiger partial charge in [-0.1, -0.05) is 5.16 Å². The van der Waals surface area contributed by atoms with Gasteiger partial charge in [-0.15, -0.1) is 0 Å². The van der Waals surface area contributed by atoms with Crippen LogP contribution < -0.4 is 5.32 Å². The molecule has 0 unspecified atom stereocenters. The molecule has 2 rings (SSSR count). The largest absolute Gasteiger partial charge is 0.355 e. The van der Waals surface area contributed by atoms with E-state index in [1.807, 2.05) is 17.8 Å². The zero-order valence-corrected chi connectivity index (χ0v) is 7.84. The SMILES string of the molecule is Cn1ccnc1NCCc1ncno1. The molecule has 0 saturated heterocycles. The topological polar surface area (TPSA) is 68.8 Å². The fourth-order valence-electron chi connectivity index (χ4n) is 1.12. The van der Waals surface area contributed by atoms with Gasteiger partial charge < -0.3 is 14.4 Å².